The monoisotopic (exact) mass is 450 g/mol. The largest absolute Gasteiger partial charge is 0.481 e. The zero-order valence-corrected chi connectivity index (χ0v) is 19.7. The van der Waals surface area contributed by atoms with Crippen molar-refractivity contribution in [1.82, 2.24) is 0 Å². The summed E-state index contributed by atoms with van der Waals surface area (Å²) in [5.74, 6) is -2.95. The molecule has 7 nitrogen and oxygen atoms in total. The summed E-state index contributed by atoms with van der Waals surface area (Å²) in [5, 5.41) is 10.3. The van der Waals surface area contributed by atoms with E-state index in [1.165, 1.54) is 12.3 Å². The number of carboxylic acid groups (broad SMARTS) is 1. The van der Waals surface area contributed by atoms with E-state index >= 15 is 0 Å². The van der Waals surface area contributed by atoms with Gasteiger partial charge in [0.1, 0.15) is 5.78 Å². The number of hydrogen-bond acceptors (Lipinski definition) is 6. The number of benzene rings is 1. The Morgan fingerprint density at radius 1 is 1.10 bits per heavy atom. The van der Waals surface area contributed by atoms with Gasteiger partial charge in [-0.3, -0.25) is 14.4 Å². The van der Waals surface area contributed by atoms with Gasteiger partial charge in [0, 0.05) is 25.7 Å². The van der Waals surface area contributed by atoms with Crippen molar-refractivity contribution in [2.24, 2.45) is 5.92 Å². The van der Waals surface area contributed by atoms with E-state index in [4.69, 9.17) is 19.3 Å². The van der Waals surface area contributed by atoms with Crippen molar-refractivity contribution in [3.05, 3.63) is 30.3 Å². The van der Waals surface area contributed by atoms with Gasteiger partial charge >= 0.3 is 11.9 Å². The van der Waals surface area contributed by atoms with Crippen molar-refractivity contribution in [3.63, 3.8) is 0 Å². The average Bonchev–Trinajstić information content (AvgIpc) is 3.22. The summed E-state index contributed by atoms with van der Waals surface area (Å²) in [6.45, 7) is 5.22. The fraction of sp³-hybridized carbons (Fsp3) is 0.609. The molecule has 1 aliphatic rings. The van der Waals surface area contributed by atoms with Gasteiger partial charge in [0.15, 0.2) is 5.79 Å². The van der Waals surface area contributed by atoms with Crippen LogP contribution in [0.1, 0.15) is 38.5 Å². The molecule has 0 amide bonds. The van der Waals surface area contributed by atoms with Crippen LogP contribution < -0.4 is 5.19 Å². The molecule has 0 aromatic heterocycles. The quantitative estimate of drug-likeness (QED) is 0.364. The maximum atomic E-state index is 12.6. The maximum Gasteiger partial charge on any atom is 0.308 e. The van der Waals surface area contributed by atoms with E-state index in [9.17, 15) is 14.4 Å². The van der Waals surface area contributed by atoms with Crippen molar-refractivity contribution in [2.75, 3.05) is 20.3 Å². The number of ketones is 1. The van der Waals surface area contributed by atoms with Crippen LogP contribution in [0.4, 0.5) is 0 Å². The molecule has 1 heterocycles. The minimum atomic E-state index is -1.70. The molecule has 1 unspecified atom stereocenters. The molecule has 1 aliphatic heterocycles. The number of Topliss-reactive ketones (excluding diaryl/α,β-unsaturated/α-hetero) is 1. The van der Waals surface area contributed by atoms with Crippen LogP contribution in [-0.4, -0.2) is 57.0 Å². The number of methoxy groups -OCH3 is 1. The Bertz CT molecular complexity index is 742. The van der Waals surface area contributed by atoms with Crippen LogP contribution in [-0.2, 0) is 28.6 Å². The van der Waals surface area contributed by atoms with Gasteiger partial charge in [-0.25, -0.2) is 0 Å². The second-order valence-corrected chi connectivity index (χ2v) is 13.6. The molecular formula is C23H34O7Si. The summed E-state index contributed by atoms with van der Waals surface area (Å²) in [6.07, 6.45) is 1.31. The highest BCUT2D eigenvalue weighted by Gasteiger charge is 2.41. The van der Waals surface area contributed by atoms with Crippen molar-refractivity contribution >= 4 is 31.0 Å². The molecule has 31 heavy (non-hydrogen) atoms. The van der Waals surface area contributed by atoms with Crippen LogP contribution >= 0.6 is 0 Å². The number of ether oxygens (including phenoxy) is 3. The van der Waals surface area contributed by atoms with E-state index in [0.29, 0.717) is 26.1 Å². The Labute approximate surface area is 185 Å². The lowest BCUT2D eigenvalue weighted by atomic mass is 9.91. The van der Waals surface area contributed by atoms with Gasteiger partial charge in [-0.05, 0) is 12.5 Å². The van der Waals surface area contributed by atoms with Crippen LogP contribution in [0.5, 0.6) is 0 Å². The minimum Gasteiger partial charge on any atom is -0.481 e. The second kappa shape index (κ2) is 11.5. The summed E-state index contributed by atoms with van der Waals surface area (Å²) in [4.78, 5) is 35.9. The van der Waals surface area contributed by atoms with E-state index < -0.39 is 31.7 Å². The molecule has 0 aliphatic carbocycles. The zero-order valence-electron chi connectivity index (χ0n) is 18.7. The first kappa shape index (κ1) is 25.2. The summed E-state index contributed by atoms with van der Waals surface area (Å²) < 4.78 is 16.3. The highest BCUT2D eigenvalue weighted by atomic mass is 28.3. The van der Waals surface area contributed by atoms with Crippen molar-refractivity contribution < 1.29 is 33.7 Å². The summed E-state index contributed by atoms with van der Waals surface area (Å²) in [7, 11) is -0.387. The van der Waals surface area contributed by atoms with Crippen LogP contribution in [0.15, 0.2) is 30.3 Å². The number of esters is 1. The topological polar surface area (TPSA) is 99.1 Å². The molecule has 0 saturated carbocycles. The molecule has 1 atom stereocenters. The molecule has 1 aromatic carbocycles. The number of rotatable bonds is 13. The molecule has 1 N–H and O–H groups in total. The normalized spacial score (nSPS) is 16.6. The predicted octanol–water partition coefficient (Wildman–Crippen LogP) is 3.13. The van der Waals surface area contributed by atoms with Gasteiger partial charge in [-0.1, -0.05) is 48.6 Å². The molecular weight excluding hydrogens is 416 g/mol. The third-order valence-corrected chi connectivity index (χ3v) is 9.38. The lowest BCUT2D eigenvalue weighted by Gasteiger charge is -2.30. The van der Waals surface area contributed by atoms with Crippen molar-refractivity contribution in [1.29, 1.82) is 0 Å². The number of aliphatic carboxylic acids is 1. The first-order valence-electron chi connectivity index (χ1n) is 10.8. The van der Waals surface area contributed by atoms with Crippen LogP contribution in [0.25, 0.3) is 0 Å². The lowest BCUT2D eigenvalue weighted by molar-refractivity contribution is -0.186. The van der Waals surface area contributed by atoms with Crippen molar-refractivity contribution in [3.8, 4) is 0 Å². The first-order valence-corrected chi connectivity index (χ1v) is 14.0. The average molecular weight is 451 g/mol. The van der Waals surface area contributed by atoms with Gasteiger partial charge in [0.2, 0.25) is 0 Å². The Balaban J connectivity index is 1.92. The third-order valence-electron chi connectivity index (χ3n) is 5.98. The number of carbonyl (C=O) groups excluding carboxylic acids is 2. The molecule has 8 heteroatoms. The van der Waals surface area contributed by atoms with Gasteiger partial charge in [0.25, 0.3) is 0 Å². The number of carboxylic acids is 1. The summed E-state index contributed by atoms with van der Waals surface area (Å²) >= 11 is 0. The van der Waals surface area contributed by atoms with Crippen LogP contribution in [0, 0.1) is 5.92 Å². The minimum absolute atomic E-state index is 0.119. The van der Waals surface area contributed by atoms with E-state index in [1.807, 2.05) is 18.2 Å². The van der Waals surface area contributed by atoms with Gasteiger partial charge in [-0.2, -0.15) is 0 Å². The molecule has 0 bridgehead atoms. The van der Waals surface area contributed by atoms with Gasteiger partial charge in [0.05, 0.1) is 40.7 Å². The molecule has 1 fully saturated rings. The Morgan fingerprint density at radius 2 is 1.74 bits per heavy atom. The SMILES string of the molecule is COC(=O)C(CCC(=O)CC[Si](C)(C)c1ccccc1)CC1(CCC(=O)O)OCCO1. The lowest BCUT2D eigenvalue weighted by Crippen LogP contribution is -2.41. The zero-order chi connectivity index (χ0) is 22.9. The highest BCUT2D eigenvalue weighted by Crippen LogP contribution is 2.34. The molecule has 1 saturated heterocycles. The van der Waals surface area contributed by atoms with Crippen LogP contribution in [0.3, 0.4) is 0 Å². The third kappa shape index (κ3) is 7.86. The van der Waals surface area contributed by atoms with E-state index in [1.54, 1.807) is 0 Å². The van der Waals surface area contributed by atoms with Crippen molar-refractivity contribution in [2.45, 2.75) is 63.5 Å². The van der Waals surface area contributed by atoms with E-state index in [-0.39, 0.29) is 31.5 Å². The number of carbonyl (C=O) groups is 3. The standard InChI is InChI=1S/C23H34O7Si/c1-28-22(27)18(17-23(13-11-21(25)26)29-14-15-30-23)9-10-19(24)12-16-31(2,3)20-7-5-4-6-8-20/h4-8,18H,9-17H2,1-3H3,(H,25,26). The fourth-order valence-corrected chi connectivity index (χ4v) is 6.24. The Morgan fingerprint density at radius 3 is 2.32 bits per heavy atom. The predicted molar refractivity (Wildman–Crippen MR) is 119 cm³/mol. The Kier molecular flexibility index (Phi) is 9.40. The van der Waals surface area contributed by atoms with Crippen LogP contribution in [0.2, 0.25) is 19.1 Å². The fourth-order valence-electron chi connectivity index (χ4n) is 3.95. The summed E-state index contributed by atoms with van der Waals surface area (Å²) in [5.41, 5.74) is 0. The van der Waals surface area contributed by atoms with Gasteiger partial charge in [-0.15, -0.1) is 0 Å². The smallest absolute Gasteiger partial charge is 0.308 e. The molecule has 0 spiro atoms. The maximum absolute atomic E-state index is 12.6. The van der Waals surface area contributed by atoms with E-state index in [0.717, 1.165) is 6.04 Å². The Hall–Kier alpha value is -2.03. The number of hydrogen-bond donors (Lipinski definition) is 1. The molecule has 0 radical (unpaired) electrons. The van der Waals surface area contributed by atoms with Gasteiger partial charge < -0.3 is 19.3 Å². The molecule has 1 aromatic rings. The van der Waals surface area contributed by atoms with E-state index in [2.05, 4.69) is 25.2 Å². The molecule has 172 valence electrons. The second-order valence-electron chi connectivity index (χ2n) is 8.75. The molecule has 2 rings (SSSR count). The first-order chi connectivity index (χ1) is 14.7. The highest BCUT2D eigenvalue weighted by molar-refractivity contribution is 6.89. The summed E-state index contributed by atoms with van der Waals surface area (Å²) in [6, 6.07) is 11.2.